The Bertz CT molecular complexity index is 169. The summed E-state index contributed by atoms with van der Waals surface area (Å²) in [7, 11) is 0. The number of piperidine rings is 1. The van der Waals surface area contributed by atoms with E-state index in [-0.39, 0.29) is 0 Å². The van der Waals surface area contributed by atoms with Crippen LogP contribution in [0.4, 0.5) is 0 Å². The van der Waals surface area contributed by atoms with Gasteiger partial charge >= 0.3 is 0 Å². The van der Waals surface area contributed by atoms with Gasteiger partial charge in [-0.1, -0.05) is 0 Å². The van der Waals surface area contributed by atoms with Gasteiger partial charge in [0.1, 0.15) is 0 Å². The number of ether oxygens (including phenoxy) is 1. The molecule has 2 heterocycles. The lowest BCUT2D eigenvalue weighted by Crippen LogP contribution is -2.40. The number of hydrogen-bond acceptors (Lipinski definition) is 3. The van der Waals surface area contributed by atoms with Crippen LogP contribution in [0.1, 0.15) is 25.7 Å². The highest BCUT2D eigenvalue weighted by Crippen LogP contribution is 2.19. The van der Waals surface area contributed by atoms with Crippen LogP contribution < -0.4 is 0 Å². The molecule has 0 aromatic rings. The van der Waals surface area contributed by atoms with Gasteiger partial charge < -0.3 is 14.7 Å². The van der Waals surface area contributed by atoms with E-state index in [1.165, 1.54) is 32.2 Å². The van der Waals surface area contributed by atoms with Gasteiger partial charge in [0, 0.05) is 26.3 Å². The van der Waals surface area contributed by atoms with Crippen molar-refractivity contribution in [2.45, 2.75) is 31.8 Å². The molecule has 0 spiro atoms. The van der Waals surface area contributed by atoms with Crippen LogP contribution in [0.2, 0.25) is 0 Å². The Balaban J connectivity index is 1.73. The summed E-state index contributed by atoms with van der Waals surface area (Å²) in [4.78, 5) is 2.46. The first-order valence-corrected chi connectivity index (χ1v) is 5.83. The molecule has 1 N–H and O–H groups in total. The quantitative estimate of drug-likeness (QED) is 0.732. The van der Waals surface area contributed by atoms with Crippen molar-refractivity contribution in [3.8, 4) is 0 Å². The van der Waals surface area contributed by atoms with Crippen molar-refractivity contribution in [1.82, 2.24) is 4.90 Å². The third-order valence-electron chi connectivity index (χ3n) is 3.35. The van der Waals surface area contributed by atoms with Crippen molar-refractivity contribution in [3.05, 3.63) is 0 Å². The Morgan fingerprint density at radius 2 is 2.21 bits per heavy atom. The van der Waals surface area contributed by atoms with E-state index in [1.54, 1.807) is 0 Å². The highest BCUT2D eigenvalue weighted by Gasteiger charge is 2.23. The van der Waals surface area contributed by atoms with Crippen molar-refractivity contribution in [3.63, 3.8) is 0 Å². The lowest BCUT2D eigenvalue weighted by Gasteiger charge is -2.33. The van der Waals surface area contributed by atoms with E-state index in [1.807, 2.05) is 0 Å². The molecule has 0 radical (unpaired) electrons. The molecule has 0 aromatic carbocycles. The Hall–Kier alpha value is -0.120. The average Bonchev–Trinajstić information content (AvgIpc) is 2.71. The van der Waals surface area contributed by atoms with Crippen molar-refractivity contribution in [2.75, 3.05) is 32.8 Å². The van der Waals surface area contributed by atoms with Gasteiger partial charge in [0.25, 0.3) is 0 Å². The molecule has 2 saturated heterocycles. The number of aliphatic hydroxyl groups is 1. The van der Waals surface area contributed by atoms with Crippen molar-refractivity contribution in [2.24, 2.45) is 5.92 Å². The molecule has 82 valence electrons. The summed E-state index contributed by atoms with van der Waals surface area (Å²) >= 11 is 0. The van der Waals surface area contributed by atoms with Crippen LogP contribution in [0.25, 0.3) is 0 Å². The highest BCUT2D eigenvalue weighted by molar-refractivity contribution is 4.76. The molecule has 2 fully saturated rings. The SMILES string of the molecule is OC[C@H]1CCCN(C[C@H]2CCCO2)C1. The predicted octanol–water partition coefficient (Wildman–Crippen LogP) is 0.870. The smallest absolute Gasteiger partial charge is 0.0702 e. The molecule has 2 rings (SSSR count). The van der Waals surface area contributed by atoms with Crippen LogP contribution in [0.5, 0.6) is 0 Å². The summed E-state index contributed by atoms with van der Waals surface area (Å²) < 4.78 is 5.62. The van der Waals surface area contributed by atoms with Gasteiger partial charge in [0.2, 0.25) is 0 Å². The predicted molar refractivity (Wildman–Crippen MR) is 55.2 cm³/mol. The van der Waals surface area contributed by atoms with Gasteiger partial charge in [-0.3, -0.25) is 0 Å². The molecule has 0 amide bonds. The lowest BCUT2D eigenvalue weighted by molar-refractivity contribution is 0.0474. The van der Waals surface area contributed by atoms with E-state index in [4.69, 9.17) is 9.84 Å². The fourth-order valence-corrected chi connectivity index (χ4v) is 2.54. The van der Waals surface area contributed by atoms with Gasteiger partial charge in [-0.2, -0.15) is 0 Å². The normalized spacial score (nSPS) is 34.9. The van der Waals surface area contributed by atoms with Gasteiger partial charge in [-0.05, 0) is 38.1 Å². The number of nitrogens with zero attached hydrogens (tertiary/aromatic N) is 1. The second kappa shape index (κ2) is 5.10. The Labute approximate surface area is 86.0 Å². The molecule has 14 heavy (non-hydrogen) atoms. The molecule has 2 atom stereocenters. The van der Waals surface area contributed by atoms with E-state index in [0.29, 0.717) is 18.6 Å². The maximum atomic E-state index is 9.11. The zero-order chi connectivity index (χ0) is 9.80. The van der Waals surface area contributed by atoms with E-state index in [2.05, 4.69) is 4.90 Å². The van der Waals surface area contributed by atoms with Crippen LogP contribution >= 0.6 is 0 Å². The Morgan fingerprint density at radius 1 is 1.29 bits per heavy atom. The average molecular weight is 199 g/mol. The van der Waals surface area contributed by atoms with Gasteiger partial charge in [0.05, 0.1) is 6.10 Å². The van der Waals surface area contributed by atoms with Crippen LogP contribution in [0, 0.1) is 5.92 Å². The maximum absolute atomic E-state index is 9.11. The summed E-state index contributed by atoms with van der Waals surface area (Å²) in [6, 6.07) is 0. The summed E-state index contributed by atoms with van der Waals surface area (Å²) in [5.74, 6) is 0.505. The fraction of sp³-hybridized carbons (Fsp3) is 1.00. The van der Waals surface area contributed by atoms with E-state index >= 15 is 0 Å². The monoisotopic (exact) mass is 199 g/mol. The fourth-order valence-electron chi connectivity index (χ4n) is 2.54. The summed E-state index contributed by atoms with van der Waals surface area (Å²) in [5, 5.41) is 9.11. The second-order valence-electron chi connectivity index (χ2n) is 4.59. The van der Waals surface area contributed by atoms with Crippen LogP contribution in [0.15, 0.2) is 0 Å². The highest BCUT2D eigenvalue weighted by atomic mass is 16.5. The van der Waals surface area contributed by atoms with Crippen LogP contribution in [-0.2, 0) is 4.74 Å². The van der Waals surface area contributed by atoms with Gasteiger partial charge in [-0.25, -0.2) is 0 Å². The zero-order valence-corrected chi connectivity index (χ0v) is 8.82. The van der Waals surface area contributed by atoms with Crippen LogP contribution in [0.3, 0.4) is 0 Å². The van der Waals surface area contributed by atoms with E-state index in [9.17, 15) is 0 Å². The molecule has 3 heteroatoms. The largest absolute Gasteiger partial charge is 0.396 e. The molecular formula is C11H21NO2. The minimum Gasteiger partial charge on any atom is -0.396 e. The van der Waals surface area contributed by atoms with E-state index in [0.717, 1.165) is 19.7 Å². The second-order valence-corrected chi connectivity index (χ2v) is 4.59. The lowest BCUT2D eigenvalue weighted by atomic mass is 9.98. The molecule has 0 saturated carbocycles. The molecule has 0 unspecified atom stereocenters. The summed E-state index contributed by atoms with van der Waals surface area (Å²) in [6.07, 6.45) is 5.34. The van der Waals surface area contributed by atoms with Gasteiger partial charge in [0.15, 0.2) is 0 Å². The maximum Gasteiger partial charge on any atom is 0.0702 e. The molecule has 2 aliphatic rings. The molecule has 0 bridgehead atoms. The van der Waals surface area contributed by atoms with Crippen molar-refractivity contribution in [1.29, 1.82) is 0 Å². The third-order valence-corrected chi connectivity index (χ3v) is 3.35. The number of likely N-dealkylation sites (tertiary alicyclic amines) is 1. The molecule has 2 aliphatic heterocycles. The number of aliphatic hydroxyl groups excluding tert-OH is 1. The topological polar surface area (TPSA) is 32.7 Å². The minimum atomic E-state index is 0.349. The first kappa shape index (κ1) is 10.4. The first-order chi connectivity index (χ1) is 6.88. The Kier molecular flexibility index (Phi) is 3.79. The molecule has 3 nitrogen and oxygen atoms in total. The number of rotatable bonds is 3. The van der Waals surface area contributed by atoms with Crippen molar-refractivity contribution >= 4 is 0 Å². The molecule has 0 aliphatic carbocycles. The van der Waals surface area contributed by atoms with E-state index < -0.39 is 0 Å². The number of hydrogen-bond donors (Lipinski definition) is 1. The van der Waals surface area contributed by atoms with Crippen molar-refractivity contribution < 1.29 is 9.84 Å². The summed E-state index contributed by atoms with van der Waals surface area (Å²) in [6.45, 7) is 4.63. The van der Waals surface area contributed by atoms with Gasteiger partial charge in [-0.15, -0.1) is 0 Å². The zero-order valence-electron chi connectivity index (χ0n) is 8.82. The molecular weight excluding hydrogens is 178 g/mol. The Morgan fingerprint density at radius 3 is 2.93 bits per heavy atom. The molecule has 0 aromatic heterocycles. The first-order valence-electron chi connectivity index (χ1n) is 5.83. The minimum absolute atomic E-state index is 0.349. The standard InChI is InChI=1S/C11H21NO2/c13-9-10-3-1-5-12(7-10)8-11-4-2-6-14-11/h10-11,13H,1-9H2/t10-,11+/m0/s1. The summed E-state index contributed by atoms with van der Waals surface area (Å²) in [5.41, 5.74) is 0. The third kappa shape index (κ3) is 2.69. The van der Waals surface area contributed by atoms with Crippen LogP contribution in [-0.4, -0.2) is 49.0 Å².